The van der Waals surface area contributed by atoms with E-state index in [-0.39, 0.29) is 0 Å². The Hall–Kier alpha value is 1.08. The molecule has 126 valence electrons. The van der Waals surface area contributed by atoms with Crippen molar-refractivity contribution in [2.75, 3.05) is 11.5 Å². The molecule has 0 heterocycles. The lowest BCUT2D eigenvalue weighted by Gasteiger charge is -2.15. The van der Waals surface area contributed by atoms with Gasteiger partial charge in [-0.1, -0.05) is 85.9 Å². The van der Waals surface area contributed by atoms with Crippen LogP contribution in [0.1, 0.15) is 52.4 Å². The molecule has 0 nitrogen and oxygen atoms in total. The van der Waals surface area contributed by atoms with Crippen molar-refractivity contribution < 1.29 is 0 Å². The fraction of sp³-hybridized carbons (Fsp3) is 0.625. The van der Waals surface area contributed by atoms with Gasteiger partial charge < -0.3 is 0 Å². The maximum atomic E-state index is 6.42. The minimum absolute atomic E-state index is 0.538. The number of benzene rings is 1. The Bertz CT molecular complexity index is 406. The molecular weight excluding hydrogens is 398 g/mol. The summed E-state index contributed by atoms with van der Waals surface area (Å²) in [4.78, 5) is 1.62. The first-order chi connectivity index (χ1) is 10.5. The van der Waals surface area contributed by atoms with Gasteiger partial charge in [0.2, 0.25) is 0 Å². The summed E-state index contributed by atoms with van der Waals surface area (Å²) in [6, 6.07) is 0. The van der Waals surface area contributed by atoms with Crippen LogP contribution in [0.3, 0.4) is 0 Å². The third-order valence-corrected chi connectivity index (χ3v) is 7.70. The molecule has 0 spiro atoms. The zero-order chi connectivity index (χ0) is 16.5. The van der Waals surface area contributed by atoms with Crippen LogP contribution >= 0.6 is 69.9 Å². The third kappa shape index (κ3) is 6.18. The number of hydrogen-bond acceptors (Lipinski definition) is 2. The lowest BCUT2D eigenvalue weighted by atomic mass is 10.3. The van der Waals surface area contributed by atoms with E-state index in [1.165, 1.54) is 25.7 Å². The van der Waals surface area contributed by atoms with Crippen LogP contribution in [-0.4, -0.2) is 11.5 Å². The average molecular weight is 420 g/mol. The molecule has 6 heteroatoms. The molecule has 0 saturated heterocycles. The first kappa shape index (κ1) is 21.1. The smallest absolute Gasteiger partial charge is 0.0755 e. The maximum absolute atomic E-state index is 6.42. The van der Waals surface area contributed by atoms with Gasteiger partial charge in [-0.05, 0) is 24.3 Å². The van der Waals surface area contributed by atoms with Gasteiger partial charge in [-0.25, -0.2) is 0 Å². The molecule has 0 radical (unpaired) electrons. The van der Waals surface area contributed by atoms with E-state index in [9.17, 15) is 0 Å². The molecule has 1 aromatic carbocycles. The van der Waals surface area contributed by atoms with Crippen LogP contribution in [0, 0.1) is 0 Å². The van der Waals surface area contributed by atoms with Crippen molar-refractivity contribution in [3.8, 4) is 0 Å². The Labute approximate surface area is 163 Å². The Morgan fingerprint density at radius 3 is 1.18 bits per heavy atom. The van der Waals surface area contributed by atoms with Crippen molar-refractivity contribution >= 4 is 69.9 Å². The van der Waals surface area contributed by atoms with Gasteiger partial charge in [-0.3, -0.25) is 0 Å². The molecule has 0 N–H and O–H groups in total. The molecule has 0 amide bonds. The van der Waals surface area contributed by atoms with Gasteiger partial charge in [0.25, 0.3) is 0 Å². The van der Waals surface area contributed by atoms with E-state index >= 15 is 0 Å². The Kier molecular flexibility index (Phi) is 11.1. The molecule has 0 atom stereocenters. The summed E-state index contributed by atoms with van der Waals surface area (Å²) in [5.74, 6) is 1.95. The summed E-state index contributed by atoms with van der Waals surface area (Å²) >= 11 is 29.0. The number of hydrogen-bond donors (Lipinski definition) is 0. The quantitative estimate of drug-likeness (QED) is 0.211. The van der Waals surface area contributed by atoms with Crippen molar-refractivity contribution in [3.63, 3.8) is 0 Å². The summed E-state index contributed by atoms with van der Waals surface area (Å²) in [7, 11) is 0. The fourth-order valence-corrected chi connectivity index (χ4v) is 5.65. The molecule has 0 aromatic heterocycles. The number of unbranched alkanes of at least 4 members (excludes halogenated alkanes) is 4. The minimum atomic E-state index is 0.538. The average Bonchev–Trinajstić information content (AvgIpc) is 2.51. The van der Waals surface area contributed by atoms with E-state index in [4.69, 9.17) is 46.4 Å². The summed E-state index contributed by atoms with van der Waals surface area (Å²) in [5.41, 5.74) is 0. The number of rotatable bonds is 10. The SMILES string of the molecule is CCCCCSc1c(Cl)c(Cl)c(SCCCCC)c(Cl)c1Cl. The van der Waals surface area contributed by atoms with Gasteiger partial charge in [0, 0.05) is 9.79 Å². The second-order valence-corrected chi connectivity index (χ2v) is 8.75. The van der Waals surface area contributed by atoms with Crippen LogP contribution in [0.15, 0.2) is 9.79 Å². The van der Waals surface area contributed by atoms with E-state index < -0.39 is 0 Å². The Balaban J connectivity index is 2.85. The largest absolute Gasteiger partial charge is 0.123 e. The molecule has 1 aromatic rings. The van der Waals surface area contributed by atoms with Gasteiger partial charge in [-0.2, -0.15) is 0 Å². The molecule has 22 heavy (non-hydrogen) atoms. The van der Waals surface area contributed by atoms with Crippen LogP contribution < -0.4 is 0 Å². The highest BCUT2D eigenvalue weighted by Crippen LogP contribution is 2.49. The van der Waals surface area contributed by atoms with E-state index in [2.05, 4.69) is 13.8 Å². The van der Waals surface area contributed by atoms with Crippen molar-refractivity contribution in [2.24, 2.45) is 0 Å². The Morgan fingerprint density at radius 1 is 0.591 bits per heavy atom. The standard InChI is InChI=1S/C16H22Cl4S2/c1-3-5-7-9-21-15-11(17)13(19)16(14(20)12(15)18)22-10-8-6-4-2/h3-10H2,1-2H3. The number of halogens is 4. The Morgan fingerprint density at radius 2 is 0.909 bits per heavy atom. The first-order valence-corrected chi connectivity index (χ1v) is 11.1. The van der Waals surface area contributed by atoms with Crippen LogP contribution in [0.2, 0.25) is 20.1 Å². The van der Waals surface area contributed by atoms with Crippen molar-refractivity contribution in [3.05, 3.63) is 20.1 Å². The van der Waals surface area contributed by atoms with Crippen LogP contribution in [0.25, 0.3) is 0 Å². The van der Waals surface area contributed by atoms with Crippen LogP contribution in [0.4, 0.5) is 0 Å². The molecular formula is C16H22Cl4S2. The monoisotopic (exact) mass is 418 g/mol. The fourth-order valence-electron chi connectivity index (χ4n) is 1.90. The minimum Gasteiger partial charge on any atom is -0.123 e. The lowest BCUT2D eigenvalue weighted by Crippen LogP contribution is -1.90. The highest BCUT2D eigenvalue weighted by Gasteiger charge is 2.20. The molecule has 0 aliphatic rings. The van der Waals surface area contributed by atoms with Gasteiger partial charge in [-0.15, -0.1) is 23.5 Å². The van der Waals surface area contributed by atoms with Gasteiger partial charge in [0.1, 0.15) is 0 Å². The number of thioether (sulfide) groups is 2. The van der Waals surface area contributed by atoms with Gasteiger partial charge in [0.15, 0.2) is 0 Å². The van der Waals surface area contributed by atoms with Crippen molar-refractivity contribution in [2.45, 2.75) is 62.2 Å². The van der Waals surface area contributed by atoms with Crippen molar-refractivity contribution in [1.29, 1.82) is 0 Å². The summed E-state index contributed by atoms with van der Waals surface area (Å²) in [6.45, 7) is 4.37. The maximum Gasteiger partial charge on any atom is 0.0755 e. The molecule has 0 unspecified atom stereocenters. The van der Waals surface area contributed by atoms with Gasteiger partial charge >= 0.3 is 0 Å². The summed E-state index contributed by atoms with van der Waals surface area (Å²) in [6.07, 6.45) is 7.06. The molecule has 1 rings (SSSR count). The first-order valence-electron chi connectivity index (χ1n) is 7.66. The highest BCUT2D eigenvalue weighted by molar-refractivity contribution is 8.00. The van der Waals surface area contributed by atoms with E-state index in [0.717, 1.165) is 34.1 Å². The zero-order valence-electron chi connectivity index (χ0n) is 13.0. The zero-order valence-corrected chi connectivity index (χ0v) is 17.6. The predicted octanol–water partition coefficient (Wildman–Crippen LogP) is 8.86. The van der Waals surface area contributed by atoms with Crippen LogP contribution in [0.5, 0.6) is 0 Å². The molecule has 0 aliphatic heterocycles. The van der Waals surface area contributed by atoms with E-state index in [1.807, 2.05) is 0 Å². The molecule has 0 fully saturated rings. The van der Waals surface area contributed by atoms with Gasteiger partial charge in [0.05, 0.1) is 20.1 Å². The van der Waals surface area contributed by atoms with Crippen molar-refractivity contribution in [1.82, 2.24) is 0 Å². The summed E-state index contributed by atoms with van der Waals surface area (Å²) < 4.78 is 0. The second kappa shape index (κ2) is 11.6. The highest BCUT2D eigenvalue weighted by atomic mass is 35.5. The summed E-state index contributed by atoms with van der Waals surface area (Å²) in [5, 5.41) is 2.15. The molecule has 0 aliphatic carbocycles. The third-order valence-electron chi connectivity index (χ3n) is 3.17. The lowest BCUT2D eigenvalue weighted by molar-refractivity contribution is 0.778. The normalized spacial score (nSPS) is 11.2. The topological polar surface area (TPSA) is 0 Å². The van der Waals surface area contributed by atoms with Crippen LogP contribution in [-0.2, 0) is 0 Å². The predicted molar refractivity (Wildman–Crippen MR) is 107 cm³/mol. The molecule has 0 saturated carbocycles. The van der Waals surface area contributed by atoms with E-state index in [1.54, 1.807) is 23.5 Å². The molecule has 0 bridgehead atoms. The second-order valence-electron chi connectivity index (χ2n) is 5.03. The van der Waals surface area contributed by atoms with E-state index in [0.29, 0.717) is 20.1 Å².